The third-order valence-electron chi connectivity index (χ3n) is 4.29. The third-order valence-corrected chi connectivity index (χ3v) is 4.54. The number of aromatic nitrogens is 4. The molecule has 8 nitrogen and oxygen atoms in total. The van der Waals surface area contributed by atoms with E-state index in [2.05, 4.69) is 31.0 Å². The van der Waals surface area contributed by atoms with Crippen molar-refractivity contribution in [2.24, 2.45) is 0 Å². The summed E-state index contributed by atoms with van der Waals surface area (Å²) in [5.74, 6) is 0.501. The number of carbonyl (C=O) groups excluding carboxylic acids is 1. The Balaban J connectivity index is 1.48. The normalized spacial score (nSPS) is 14.7. The molecule has 1 amide bonds. The highest BCUT2D eigenvalue weighted by Gasteiger charge is 2.24. The Labute approximate surface area is 154 Å². The van der Waals surface area contributed by atoms with E-state index in [1.165, 1.54) is 0 Å². The van der Waals surface area contributed by atoms with Crippen molar-refractivity contribution in [3.05, 3.63) is 52.1 Å². The topological polar surface area (TPSA) is 109 Å². The van der Waals surface area contributed by atoms with Gasteiger partial charge in [0.2, 0.25) is 0 Å². The van der Waals surface area contributed by atoms with Gasteiger partial charge in [0.1, 0.15) is 0 Å². The molecule has 1 aliphatic rings. The van der Waals surface area contributed by atoms with Gasteiger partial charge in [0.25, 0.3) is 11.8 Å². The second kappa shape index (κ2) is 6.89. The van der Waals surface area contributed by atoms with Crippen LogP contribution in [-0.4, -0.2) is 32.8 Å². The lowest BCUT2D eigenvalue weighted by Crippen LogP contribution is -2.30. The average Bonchev–Trinajstić information content (AvgIpc) is 3.30. The summed E-state index contributed by atoms with van der Waals surface area (Å²) >= 11 is 5.88. The third kappa shape index (κ3) is 3.21. The van der Waals surface area contributed by atoms with Gasteiger partial charge in [-0.2, -0.15) is 10.1 Å². The van der Waals surface area contributed by atoms with Crippen molar-refractivity contribution in [1.29, 1.82) is 0 Å². The van der Waals surface area contributed by atoms with Crippen LogP contribution in [0.15, 0.2) is 28.8 Å². The van der Waals surface area contributed by atoms with Gasteiger partial charge >= 0.3 is 0 Å². The molecule has 0 bridgehead atoms. The van der Waals surface area contributed by atoms with E-state index in [0.29, 0.717) is 29.0 Å². The number of amides is 1. The summed E-state index contributed by atoms with van der Waals surface area (Å²) in [6, 6.07) is 6.68. The predicted molar refractivity (Wildman–Crippen MR) is 94.6 cm³/mol. The summed E-state index contributed by atoms with van der Waals surface area (Å²) in [6.07, 6.45) is 0.834. The highest BCUT2D eigenvalue weighted by molar-refractivity contribution is 6.30. The summed E-state index contributed by atoms with van der Waals surface area (Å²) in [7, 11) is 0. The number of carbonyl (C=O) groups is 1. The molecule has 0 saturated carbocycles. The summed E-state index contributed by atoms with van der Waals surface area (Å²) in [5, 5.41) is 17.8. The molecule has 1 aliphatic heterocycles. The van der Waals surface area contributed by atoms with Crippen molar-refractivity contribution in [2.45, 2.75) is 25.9 Å². The number of H-pyrrole nitrogens is 1. The van der Waals surface area contributed by atoms with Crippen molar-refractivity contribution in [3.63, 3.8) is 0 Å². The van der Waals surface area contributed by atoms with Gasteiger partial charge in [-0.1, -0.05) is 16.8 Å². The first-order chi connectivity index (χ1) is 12.6. The number of benzene rings is 1. The van der Waals surface area contributed by atoms with Crippen molar-refractivity contribution >= 4 is 17.5 Å². The maximum Gasteiger partial charge on any atom is 0.272 e. The number of halogens is 1. The summed E-state index contributed by atoms with van der Waals surface area (Å²) in [5.41, 5.74) is 3.08. The molecule has 1 atom stereocenters. The minimum absolute atomic E-state index is 0.267. The predicted octanol–water partition coefficient (Wildman–Crippen LogP) is 2.25. The summed E-state index contributed by atoms with van der Waals surface area (Å²) < 4.78 is 5.29. The molecule has 0 radical (unpaired) electrons. The standard InChI is InChI=1S/C17H17ClN6O2/c1-9(15-21-17(26-24-15)10-2-4-11(18)5-3-10)20-16(25)14-12-8-19-7-6-13(12)22-23-14/h2-5,9,19H,6-8H2,1H3,(H,20,25)(H,22,23). The van der Waals surface area contributed by atoms with E-state index in [4.69, 9.17) is 16.1 Å². The fourth-order valence-electron chi connectivity index (χ4n) is 2.86. The van der Waals surface area contributed by atoms with Gasteiger partial charge in [-0.25, -0.2) is 0 Å². The number of nitrogens with zero attached hydrogens (tertiary/aromatic N) is 3. The molecule has 0 saturated heterocycles. The van der Waals surface area contributed by atoms with Gasteiger partial charge in [-0.15, -0.1) is 0 Å². The van der Waals surface area contributed by atoms with Crippen LogP contribution in [0.5, 0.6) is 0 Å². The Hall–Kier alpha value is -2.71. The number of hydrogen-bond acceptors (Lipinski definition) is 6. The highest BCUT2D eigenvalue weighted by atomic mass is 35.5. The Morgan fingerprint density at radius 2 is 2.15 bits per heavy atom. The van der Waals surface area contributed by atoms with Crippen LogP contribution in [-0.2, 0) is 13.0 Å². The van der Waals surface area contributed by atoms with Crippen molar-refractivity contribution in [3.8, 4) is 11.5 Å². The van der Waals surface area contributed by atoms with Gasteiger partial charge in [0.05, 0.1) is 6.04 Å². The SMILES string of the molecule is CC(NC(=O)c1n[nH]c2c1CNCC2)c1noc(-c2ccc(Cl)cc2)n1. The molecule has 3 aromatic rings. The van der Waals surface area contributed by atoms with Crippen LogP contribution in [0.1, 0.15) is 40.5 Å². The van der Waals surface area contributed by atoms with Gasteiger partial charge in [-0.05, 0) is 31.2 Å². The molecule has 0 spiro atoms. The quantitative estimate of drug-likeness (QED) is 0.648. The average molecular weight is 373 g/mol. The Bertz CT molecular complexity index is 933. The van der Waals surface area contributed by atoms with E-state index in [0.717, 1.165) is 29.8 Å². The van der Waals surface area contributed by atoms with Gasteiger partial charge < -0.3 is 15.2 Å². The molecule has 134 valence electrons. The molecule has 0 fully saturated rings. The van der Waals surface area contributed by atoms with E-state index >= 15 is 0 Å². The Kier molecular flexibility index (Phi) is 4.44. The van der Waals surface area contributed by atoms with Crippen LogP contribution in [0.3, 0.4) is 0 Å². The number of fused-ring (bicyclic) bond motifs is 1. The maximum atomic E-state index is 12.6. The Morgan fingerprint density at radius 3 is 2.96 bits per heavy atom. The van der Waals surface area contributed by atoms with Crippen LogP contribution < -0.4 is 10.6 Å². The monoisotopic (exact) mass is 372 g/mol. The minimum atomic E-state index is -0.420. The molecule has 9 heteroatoms. The van der Waals surface area contributed by atoms with Crippen LogP contribution in [0, 0.1) is 0 Å². The second-order valence-corrected chi connectivity index (χ2v) is 6.55. The lowest BCUT2D eigenvalue weighted by molar-refractivity contribution is 0.0931. The number of nitrogens with one attached hydrogen (secondary N) is 3. The number of aromatic amines is 1. The van der Waals surface area contributed by atoms with Crippen LogP contribution in [0.25, 0.3) is 11.5 Å². The Morgan fingerprint density at radius 1 is 1.35 bits per heavy atom. The number of rotatable bonds is 4. The van der Waals surface area contributed by atoms with E-state index in [-0.39, 0.29) is 5.91 Å². The highest BCUT2D eigenvalue weighted by Crippen LogP contribution is 2.22. The first-order valence-corrected chi connectivity index (χ1v) is 8.67. The zero-order valence-corrected chi connectivity index (χ0v) is 14.8. The molecule has 4 rings (SSSR count). The first kappa shape index (κ1) is 16.7. The lowest BCUT2D eigenvalue weighted by atomic mass is 10.1. The fraction of sp³-hybridized carbons (Fsp3) is 0.294. The van der Waals surface area contributed by atoms with E-state index in [9.17, 15) is 4.79 Å². The molecular weight excluding hydrogens is 356 g/mol. The number of hydrogen-bond donors (Lipinski definition) is 3. The zero-order chi connectivity index (χ0) is 18.1. The molecule has 26 heavy (non-hydrogen) atoms. The van der Waals surface area contributed by atoms with Crippen LogP contribution in [0.2, 0.25) is 5.02 Å². The molecule has 3 heterocycles. The smallest absolute Gasteiger partial charge is 0.272 e. The fourth-order valence-corrected chi connectivity index (χ4v) is 2.99. The second-order valence-electron chi connectivity index (χ2n) is 6.12. The van der Waals surface area contributed by atoms with E-state index < -0.39 is 6.04 Å². The van der Waals surface area contributed by atoms with Gasteiger partial charge in [-0.3, -0.25) is 9.89 Å². The summed E-state index contributed by atoms with van der Waals surface area (Å²) in [4.78, 5) is 16.9. The van der Waals surface area contributed by atoms with Crippen molar-refractivity contribution < 1.29 is 9.32 Å². The minimum Gasteiger partial charge on any atom is -0.341 e. The zero-order valence-electron chi connectivity index (χ0n) is 14.0. The summed E-state index contributed by atoms with van der Waals surface area (Å²) in [6.45, 7) is 3.31. The van der Waals surface area contributed by atoms with Gasteiger partial charge in [0.15, 0.2) is 11.5 Å². The molecule has 0 aliphatic carbocycles. The first-order valence-electron chi connectivity index (χ1n) is 8.29. The lowest BCUT2D eigenvalue weighted by Gasteiger charge is -2.14. The van der Waals surface area contributed by atoms with Crippen molar-refractivity contribution in [1.82, 2.24) is 31.0 Å². The van der Waals surface area contributed by atoms with Crippen LogP contribution >= 0.6 is 11.6 Å². The maximum absolute atomic E-state index is 12.6. The van der Waals surface area contributed by atoms with E-state index in [1.54, 1.807) is 31.2 Å². The molecular formula is C17H17ClN6O2. The molecule has 1 aromatic carbocycles. The van der Waals surface area contributed by atoms with Gasteiger partial charge in [0, 0.05) is 41.4 Å². The molecule has 1 unspecified atom stereocenters. The molecule has 2 aromatic heterocycles. The van der Waals surface area contributed by atoms with E-state index in [1.807, 2.05) is 0 Å². The van der Waals surface area contributed by atoms with Crippen molar-refractivity contribution in [2.75, 3.05) is 6.54 Å². The molecule has 3 N–H and O–H groups in total. The largest absolute Gasteiger partial charge is 0.341 e. The van der Waals surface area contributed by atoms with Crippen LogP contribution in [0.4, 0.5) is 0 Å².